The summed E-state index contributed by atoms with van der Waals surface area (Å²) < 4.78 is 0. The van der Waals surface area contributed by atoms with Gasteiger partial charge in [0, 0.05) is 40.6 Å². The molecule has 1 aliphatic heterocycles. The number of nitrogens with one attached hydrogen (secondary N) is 7. The van der Waals surface area contributed by atoms with Crippen LogP contribution in [0.1, 0.15) is 44.2 Å². The summed E-state index contributed by atoms with van der Waals surface area (Å²) in [4.78, 5) is 46.7. The van der Waals surface area contributed by atoms with Gasteiger partial charge in [0.15, 0.2) is 0 Å². The smallest absolute Gasteiger partial charge is 0.246 e. The van der Waals surface area contributed by atoms with E-state index in [1.54, 1.807) is 20.9 Å². The van der Waals surface area contributed by atoms with Gasteiger partial charge in [-0.05, 0) is 70.0 Å². The Bertz CT molecular complexity index is 1550. The summed E-state index contributed by atoms with van der Waals surface area (Å²) >= 11 is 0. The number of amides is 3. The van der Waals surface area contributed by atoms with Crippen LogP contribution in [0.5, 0.6) is 0 Å². The fraction of sp³-hybridized carbons (Fsp3) is 0.406. The highest BCUT2D eigenvalue weighted by molar-refractivity contribution is 6.02. The van der Waals surface area contributed by atoms with E-state index in [1.807, 2.05) is 60.9 Å². The van der Waals surface area contributed by atoms with Gasteiger partial charge in [-0.2, -0.15) is 0 Å². The summed E-state index contributed by atoms with van der Waals surface area (Å²) in [6.45, 7) is 4.23. The molecule has 0 radical (unpaired) electrons. The van der Waals surface area contributed by atoms with Crippen LogP contribution >= 0.6 is 0 Å². The van der Waals surface area contributed by atoms with Gasteiger partial charge >= 0.3 is 0 Å². The molecule has 4 aromatic rings. The Morgan fingerprint density at radius 1 is 0.905 bits per heavy atom. The minimum Gasteiger partial charge on any atom is -0.361 e. The number of piperidine rings is 1. The molecule has 3 amide bonds. The van der Waals surface area contributed by atoms with Crippen LogP contribution in [0.15, 0.2) is 60.9 Å². The van der Waals surface area contributed by atoms with Crippen molar-refractivity contribution in [2.24, 2.45) is 0 Å². The van der Waals surface area contributed by atoms with Crippen molar-refractivity contribution >= 4 is 39.5 Å². The predicted octanol–water partition coefficient (Wildman–Crippen LogP) is 2.62. The number of carbonyl (C=O) groups is 3. The molecule has 7 N–H and O–H groups in total. The second-order valence-electron chi connectivity index (χ2n) is 11.6. The largest absolute Gasteiger partial charge is 0.361 e. The molecule has 3 heterocycles. The third kappa shape index (κ3) is 6.73. The molecule has 1 unspecified atom stereocenters. The number of H-pyrrole nitrogens is 2. The molecule has 1 saturated heterocycles. The zero-order valence-electron chi connectivity index (χ0n) is 24.5. The van der Waals surface area contributed by atoms with Gasteiger partial charge in [-0.3, -0.25) is 25.0 Å². The fourth-order valence-electron chi connectivity index (χ4n) is 5.48. The van der Waals surface area contributed by atoms with Crippen molar-refractivity contribution in [1.29, 1.82) is 0 Å². The van der Waals surface area contributed by atoms with Gasteiger partial charge in [0.25, 0.3) is 0 Å². The summed E-state index contributed by atoms with van der Waals surface area (Å²) in [6.07, 6.45) is 6.81. The molecule has 0 bridgehead atoms. The molecule has 0 spiro atoms. The molecule has 3 atom stereocenters. The molecule has 1 fully saturated rings. The molecule has 10 heteroatoms. The van der Waals surface area contributed by atoms with Crippen molar-refractivity contribution in [3.8, 4) is 0 Å². The van der Waals surface area contributed by atoms with Crippen LogP contribution in [0.2, 0.25) is 0 Å². The first kappa shape index (κ1) is 29.5. The summed E-state index contributed by atoms with van der Waals surface area (Å²) in [7, 11) is 1.68. The zero-order chi connectivity index (χ0) is 29.7. The van der Waals surface area contributed by atoms with Crippen LogP contribution in [0.3, 0.4) is 0 Å². The SMILES string of the molecule is CNC(C)(C)C(=O)NC(=O)[C@@H](Cc1c[nH]c2ccccc12)N[C@@H](Cc1c[nH]c2ccccc12)NC(=O)C1CCCCN1. The van der Waals surface area contributed by atoms with Gasteiger partial charge in [-0.25, -0.2) is 0 Å². The summed E-state index contributed by atoms with van der Waals surface area (Å²) in [6, 6.07) is 14.8. The average molecular weight is 572 g/mol. The first-order valence-electron chi connectivity index (χ1n) is 14.7. The van der Waals surface area contributed by atoms with E-state index in [0.717, 1.165) is 58.7 Å². The number of rotatable bonds is 11. The van der Waals surface area contributed by atoms with Crippen molar-refractivity contribution in [1.82, 2.24) is 36.6 Å². The molecular formula is C32H41N7O3. The maximum absolute atomic E-state index is 13.8. The third-order valence-corrected chi connectivity index (χ3v) is 8.29. The van der Waals surface area contributed by atoms with Gasteiger partial charge in [0.1, 0.15) is 0 Å². The Hall–Kier alpha value is -3.99. The van der Waals surface area contributed by atoms with Gasteiger partial charge in [-0.1, -0.05) is 42.8 Å². The molecule has 0 aliphatic carbocycles. The van der Waals surface area contributed by atoms with Crippen LogP contribution in [0.25, 0.3) is 21.8 Å². The van der Waals surface area contributed by atoms with Crippen molar-refractivity contribution in [3.05, 3.63) is 72.1 Å². The molecule has 5 rings (SSSR count). The van der Waals surface area contributed by atoms with E-state index in [4.69, 9.17) is 0 Å². The number of fused-ring (bicyclic) bond motifs is 2. The van der Waals surface area contributed by atoms with Crippen molar-refractivity contribution in [2.45, 2.75) is 69.7 Å². The number of carbonyl (C=O) groups excluding carboxylic acids is 3. The summed E-state index contributed by atoms with van der Waals surface area (Å²) in [5.74, 6) is -0.988. The highest BCUT2D eigenvalue weighted by atomic mass is 16.2. The lowest BCUT2D eigenvalue weighted by Crippen LogP contribution is -2.61. The van der Waals surface area contributed by atoms with Crippen LogP contribution in [0.4, 0.5) is 0 Å². The Kier molecular flexibility index (Phi) is 9.06. The topological polar surface area (TPSA) is 143 Å². The minimum absolute atomic E-state index is 0.106. The van der Waals surface area contributed by atoms with E-state index < -0.39 is 29.6 Å². The van der Waals surface area contributed by atoms with Crippen LogP contribution in [-0.2, 0) is 27.2 Å². The van der Waals surface area contributed by atoms with Gasteiger partial charge in [0.05, 0.1) is 23.8 Å². The van der Waals surface area contributed by atoms with Gasteiger partial charge < -0.3 is 25.9 Å². The molecule has 222 valence electrons. The maximum Gasteiger partial charge on any atom is 0.246 e. The number of hydrogen-bond acceptors (Lipinski definition) is 6. The monoisotopic (exact) mass is 571 g/mol. The number of para-hydroxylation sites is 2. The fourth-order valence-corrected chi connectivity index (χ4v) is 5.48. The number of hydrogen-bond donors (Lipinski definition) is 7. The molecule has 2 aromatic carbocycles. The van der Waals surface area contributed by atoms with E-state index in [1.165, 1.54) is 0 Å². The molecule has 2 aromatic heterocycles. The zero-order valence-corrected chi connectivity index (χ0v) is 24.5. The standard InChI is InChI=1S/C32H41N7O3/c1-32(2,33-3)31(42)39-30(41)27(16-20-18-35-24-12-6-4-10-22(20)24)37-28(38-29(40)26-14-8-9-15-34-26)17-21-19-36-25-13-7-5-11-23(21)25/h4-7,10-13,18-19,26-28,33-37H,8-9,14-17H2,1-3H3,(H,38,40)(H,39,41,42)/t26?,27-,28-/m1/s1. The molecule has 10 nitrogen and oxygen atoms in total. The Balaban J connectivity index is 1.44. The Morgan fingerprint density at radius 3 is 2.12 bits per heavy atom. The third-order valence-electron chi connectivity index (χ3n) is 8.29. The van der Waals surface area contributed by atoms with E-state index >= 15 is 0 Å². The normalized spacial score (nSPS) is 17.2. The van der Waals surface area contributed by atoms with E-state index in [2.05, 4.69) is 36.6 Å². The number of benzene rings is 2. The first-order chi connectivity index (χ1) is 20.2. The quantitative estimate of drug-likeness (QED) is 0.138. The minimum atomic E-state index is -0.939. The number of aromatic nitrogens is 2. The Morgan fingerprint density at radius 2 is 1.52 bits per heavy atom. The van der Waals surface area contributed by atoms with Crippen molar-refractivity contribution in [2.75, 3.05) is 13.6 Å². The second kappa shape index (κ2) is 12.9. The highest BCUT2D eigenvalue weighted by Gasteiger charge is 2.32. The lowest BCUT2D eigenvalue weighted by atomic mass is 10.0. The summed E-state index contributed by atoms with van der Waals surface area (Å²) in [5.41, 5.74) is 2.97. The van der Waals surface area contributed by atoms with Crippen LogP contribution in [-0.4, -0.2) is 65.1 Å². The van der Waals surface area contributed by atoms with E-state index in [0.29, 0.717) is 12.8 Å². The van der Waals surface area contributed by atoms with Gasteiger partial charge in [-0.15, -0.1) is 0 Å². The lowest BCUT2D eigenvalue weighted by Gasteiger charge is -2.30. The average Bonchev–Trinajstić information content (AvgIpc) is 3.61. The van der Waals surface area contributed by atoms with Crippen LogP contribution < -0.4 is 26.6 Å². The molecular weight excluding hydrogens is 530 g/mol. The number of aromatic amines is 2. The lowest BCUT2D eigenvalue weighted by molar-refractivity contribution is -0.135. The Labute approximate surface area is 245 Å². The van der Waals surface area contributed by atoms with Crippen LogP contribution in [0, 0.1) is 0 Å². The van der Waals surface area contributed by atoms with E-state index in [9.17, 15) is 14.4 Å². The second-order valence-corrected chi connectivity index (χ2v) is 11.6. The molecule has 0 saturated carbocycles. The number of likely N-dealkylation sites (N-methyl/N-ethyl adjacent to an activating group) is 1. The van der Waals surface area contributed by atoms with Gasteiger partial charge in [0.2, 0.25) is 17.7 Å². The van der Waals surface area contributed by atoms with Crippen molar-refractivity contribution in [3.63, 3.8) is 0 Å². The molecule has 1 aliphatic rings. The maximum atomic E-state index is 13.8. The van der Waals surface area contributed by atoms with E-state index in [-0.39, 0.29) is 11.9 Å². The highest BCUT2D eigenvalue weighted by Crippen LogP contribution is 2.21. The summed E-state index contributed by atoms with van der Waals surface area (Å²) in [5, 5.41) is 17.5. The number of imide groups is 1. The molecule has 42 heavy (non-hydrogen) atoms. The predicted molar refractivity (Wildman–Crippen MR) is 165 cm³/mol. The van der Waals surface area contributed by atoms with Crippen molar-refractivity contribution < 1.29 is 14.4 Å². The first-order valence-corrected chi connectivity index (χ1v) is 14.7.